The number of aryl methyl sites for hydroxylation is 2. The number of hydrogen-bond donors (Lipinski definition) is 3. The van der Waals surface area contributed by atoms with Gasteiger partial charge in [-0.05, 0) is 43.2 Å². The van der Waals surface area contributed by atoms with E-state index >= 15 is 0 Å². The van der Waals surface area contributed by atoms with Gasteiger partial charge in [0.15, 0.2) is 0 Å². The molecule has 0 saturated carbocycles. The van der Waals surface area contributed by atoms with Gasteiger partial charge in [-0.15, -0.1) is 0 Å². The van der Waals surface area contributed by atoms with Crippen LogP contribution in [-0.2, 0) is 14.8 Å². The normalized spacial score (nSPS) is 11.2. The van der Waals surface area contributed by atoms with Gasteiger partial charge in [0.05, 0.1) is 10.6 Å². The number of benzene rings is 2. The van der Waals surface area contributed by atoms with Gasteiger partial charge in [0.1, 0.15) is 0 Å². The van der Waals surface area contributed by atoms with Crippen LogP contribution >= 0.6 is 0 Å². The van der Waals surface area contributed by atoms with Crippen molar-refractivity contribution < 1.29 is 18.0 Å². The van der Waals surface area contributed by atoms with E-state index in [-0.39, 0.29) is 28.8 Å². The Morgan fingerprint density at radius 3 is 2.24 bits per heavy atom. The summed E-state index contributed by atoms with van der Waals surface area (Å²) in [5.41, 5.74) is 2.21. The van der Waals surface area contributed by atoms with E-state index in [0.717, 1.165) is 5.56 Å². The molecule has 3 N–H and O–H groups in total. The maximum absolute atomic E-state index is 12.7. The maximum atomic E-state index is 12.7. The Morgan fingerprint density at radius 2 is 1.59 bits per heavy atom. The SMILES string of the molecule is Cc1ccccc1NS(=O)(=O)c1ccc(C)c(C(=O)NCCNC(=O)C(C)C)c1. The zero-order chi connectivity index (χ0) is 21.6. The first-order chi connectivity index (χ1) is 13.6. The number of carbonyl (C=O) groups excluding carboxylic acids is 2. The van der Waals surface area contributed by atoms with Crippen LogP contribution in [0.1, 0.15) is 35.3 Å². The summed E-state index contributed by atoms with van der Waals surface area (Å²) >= 11 is 0. The molecule has 7 nitrogen and oxygen atoms in total. The van der Waals surface area contributed by atoms with Gasteiger partial charge < -0.3 is 10.6 Å². The van der Waals surface area contributed by atoms with E-state index in [0.29, 0.717) is 17.8 Å². The Hall–Kier alpha value is -2.87. The molecule has 0 radical (unpaired) electrons. The van der Waals surface area contributed by atoms with E-state index in [1.807, 2.05) is 19.1 Å². The van der Waals surface area contributed by atoms with Crippen LogP contribution in [0.25, 0.3) is 0 Å². The quantitative estimate of drug-likeness (QED) is 0.574. The summed E-state index contributed by atoms with van der Waals surface area (Å²) in [6.45, 7) is 7.66. The van der Waals surface area contributed by atoms with E-state index in [9.17, 15) is 18.0 Å². The summed E-state index contributed by atoms with van der Waals surface area (Å²) in [6, 6.07) is 11.5. The van der Waals surface area contributed by atoms with Crippen LogP contribution in [0.3, 0.4) is 0 Å². The summed E-state index contributed by atoms with van der Waals surface area (Å²) < 4.78 is 28.1. The van der Waals surface area contributed by atoms with Crippen molar-refractivity contribution in [1.29, 1.82) is 0 Å². The second-order valence-electron chi connectivity index (χ2n) is 7.10. The van der Waals surface area contributed by atoms with Gasteiger partial charge in [-0.1, -0.05) is 38.1 Å². The molecular formula is C21H27N3O4S. The van der Waals surface area contributed by atoms with E-state index in [2.05, 4.69) is 15.4 Å². The smallest absolute Gasteiger partial charge is 0.261 e. The second-order valence-corrected chi connectivity index (χ2v) is 8.78. The first-order valence-corrected chi connectivity index (χ1v) is 10.8. The molecule has 0 spiro atoms. The fourth-order valence-corrected chi connectivity index (χ4v) is 3.72. The van der Waals surface area contributed by atoms with Crippen molar-refractivity contribution in [2.45, 2.75) is 32.6 Å². The minimum Gasteiger partial charge on any atom is -0.354 e. The highest BCUT2D eigenvalue weighted by Crippen LogP contribution is 2.21. The van der Waals surface area contributed by atoms with Crippen LogP contribution in [0.4, 0.5) is 5.69 Å². The van der Waals surface area contributed by atoms with Crippen LogP contribution in [0.15, 0.2) is 47.4 Å². The molecule has 2 rings (SSSR count). The van der Waals surface area contributed by atoms with Crippen LogP contribution < -0.4 is 15.4 Å². The molecule has 0 aliphatic rings. The lowest BCUT2D eigenvalue weighted by molar-refractivity contribution is -0.123. The van der Waals surface area contributed by atoms with Gasteiger partial charge in [0, 0.05) is 24.6 Å². The molecule has 0 aliphatic carbocycles. The topological polar surface area (TPSA) is 104 Å². The van der Waals surface area contributed by atoms with Gasteiger partial charge in [0.2, 0.25) is 5.91 Å². The highest BCUT2D eigenvalue weighted by Gasteiger charge is 2.19. The Morgan fingerprint density at radius 1 is 0.931 bits per heavy atom. The third-order valence-electron chi connectivity index (χ3n) is 4.39. The van der Waals surface area contributed by atoms with Crippen molar-refractivity contribution >= 4 is 27.5 Å². The van der Waals surface area contributed by atoms with Crippen molar-refractivity contribution in [2.75, 3.05) is 17.8 Å². The lowest BCUT2D eigenvalue weighted by atomic mass is 10.1. The van der Waals surface area contributed by atoms with Gasteiger partial charge in [-0.3, -0.25) is 14.3 Å². The standard InChI is InChI=1S/C21H27N3O4S/c1-14(2)20(25)22-11-12-23-21(26)18-13-17(10-9-15(18)3)29(27,28)24-19-8-6-5-7-16(19)4/h5-10,13-14,24H,11-12H2,1-4H3,(H,22,25)(H,23,26). The predicted octanol–water partition coefficient (Wildman–Crippen LogP) is 2.61. The number of para-hydroxylation sites is 1. The molecule has 0 saturated heterocycles. The number of nitrogens with one attached hydrogen (secondary N) is 3. The predicted molar refractivity (Wildman–Crippen MR) is 113 cm³/mol. The van der Waals surface area contributed by atoms with Crippen molar-refractivity contribution in [3.05, 3.63) is 59.2 Å². The van der Waals surface area contributed by atoms with Crippen molar-refractivity contribution in [1.82, 2.24) is 10.6 Å². The van der Waals surface area contributed by atoms with E-state index in [1.54, 1.807) is 39.0 Å². The van der Waals surface area contributed by atoms with Crippen LogP contribution in [0, 0.1) is 19.8 Å². The summed E-state index contributed by atoms with van der Waals surface area (Å²) in [7, 11) is -3.84. The highest BCUT2D eigenvalue weighted by atomic mass is 32.2. The highest BCUT2D eigenvalue weighted by molar-refractivity contribution is 7.92. The molecule has 29 heavy (non-hydrogen) atoms. The van der Waals surface area contributed by atoms with Crippen LogP contribution in [0.2, 0.25) is 0 Å². The van der Waals surface area contributed by atoms with Gasteiger partial charge in [-0.25, -0.2) is 8.42 Å². The molecule has 0 heterocycles. The average Bonchev–Trinajstić information content (AvgIpc) is 2.66. The molecule has 0 unspecified atom stereocenters. The lowest BCUT2D eigenvalue weighted by Crippen LogP contribution is -2.36. The zero-order valence-corrected chi connectivity index (χ0v) is 17.9. The van der Waals surface area contributed by atoms with Gasteiger partial charge in [0.25, 0.3) is 15.9 Å². The number of hydrogen-bond acceptors (Lipinski definition) is 4. The molecule has 0 aromatic heterocycles. The molecule has 0 fully saturated rings. The molecule has 2 aromatic rings. The van der Waals surface area contributed by atoms with Crippen molar-refractivity contribution in [3.8, 4) is 0 Å². The monoisotopic (exact) mass is 417 g/mol. The van der Waals surface area contributed by atoms with E-state index < -0.39 is 15.9 Å². The minimum absolute atomic E-state index is 0.00427. The average molecular weight is 418 g/mol. The fraction of sp³-hybridized carbons (Fsp3) is 0.333. The van der Waals surface area contributed by atoms with Crippen LogP contribution in [-0.4, -0.2) is 33.3 Å². The summed E-state index contributed by atoms with van der Waals surface area (Å²) in [5, 5.41) is 5.41. The summed E-state index contributed by atoms with van der Waals surface area (Å²) in [6.07, 6.45) is 0. The number of carbonyl (C=O) groups is 2. The fourth-order valence-electron chi connectivity index (χ4n) is 2.57. The van der Waals surface area contributed by atoms with Gasteiger partial charge in [-0.2, -0.15) is 0 Å². The molecule has 2 amide bonds. The van der Waals surface area contributed by atoms with Gasteiger partial charge >= 0.3 is 0 Å². The maximum Gasteiger partial charge on any atom is 0.261 e. The first-order valence-electron chi connectivity index (χ1n) is 9.37. The molecule has 8 heteroatoms. The molecule has 156 valence electrons. The summed E-state index contributed by atoms with van der Waals surface area (Å²) in [5.74, 6) is -0.615. The molecule has 0 bridgehead atoms. The Labute approximate surface area is 172 Å². The molecular weight excluding hydrogens is 390 g/mol. The third kappa shape index (κ3) is 6.05. The third-order valence-corrected chi connectivity index (χ3v) is 5.75. The number of anilines is 1. The van der Waals surface area contributed by atoms with Crippen LogP contribution in [0.5, 0.6) is 0 Å². The van der Waals surface area contributed by atoms with E-state index in [4.69, 9.17) is 0 Å². The van der Waals surface area contributed by atoms with E-state index in [1.165, 1.54) is 12.1 Å². The minimum atomic E-state index is -3.84. The zero-order valence-electron chi connectivity index (χ0n) is 17.1. The lowest BCUT2D eigenvalue weighted by Gasteiger charge is -2.13. The summed E-state index contributed by atoms with van der Waals surface area (Å²) in [4.78, 5) is 24.0. The molecule has 0 atom stereocenters. The molecule has 2 aromatic carbocycles. The largest absolute Gasteiger partial charge is 0.354 e. The number of sulfonamides is 1. The number of rotatable bonds is 8. The number of amides is 2. The Kier molecular flexibility index (Phi) is 7.39. The Bertz CT molecular complexity index is 1000. The first kappa shape index (κ1) is 22.4. The second kappa shape index (κ2) is 9.56. The van der Waals surface area contributed by atoms with Crippen molar-refractivity contribution in [2.24, 2.45) is 5.92 Å². The molecule has 0 aliphatic heterocycles. The Balaban J connectivity index is 2.11. The van der Waals surface area contributed by atoms with Crippen molar-refractivity contribution in [3.63, 3.8) is 0 Å².